The molecular formula is C15H18N2O2S. The van der Waals surface area contributed by atoms with Crippen LogP contribution in [0.4, 0.5) is 0 Å². The lowest BCUT2D eigenvalue weighted by atomic mass is 10.1. The molecule has 0 aliphatic carbocycles. The normalized spacial score (nSPS) is 12.1. The van der Waals surface area contributed by atoms with E-state index < -0.39 is 6.10 Å². The Kier molecular flexibility index (Phi) is 5.70. The van der Waals surface area contributed by atoms with Crippen LogP contribution in [0.2, 0.25) is 0 Å². The van der Waals surface area contributed by atoms with E-state index >= 15 is 0 Å². The number of aromatic nitrogens is 1. The number of thiophene rings is 1. The van der Waals surface area contributed by atoms with Gasteiger partial charge < -0.3 is 10.4 Å². The fourth-order valence-corrected chi connectivity index (χ4v) is 2.56. The van der Waals surface area contributed by atoms with E-state index in [1.54, 1.807) is 6.20 Å². The molecular weight excluding hydrogens is 272 g/mol. The minimum absolute atomic E-state index is 0.0322. The maximum atomic E-state index is 11.7. The minimum Gasteiger partial charge on any atom is -0.387 e. The summed E-state index contributed by atoms with van der Waals surface area (Å²) in [7, 11) is 0. The summed E-state index contributed by atoms with van der Waals surface area (Å²) in [6, 6.07) is 7.64. The molecule has 1 atom stereocenters. The predicted octanol–water partition coefficient (Wildman–Crippen LogP) is 2.32. The van der Waals surface area contributed by atoms with Crippen LogP contribution in [0.3, 0.4) is 0 Å². The smallest absolute Gasteiger partial charge is 0.220 e. The van der Waals surface area contributed by atoms with Crippen LogP contribution < -0.4 is 5.32 Å². The third-order valence-corrected chi connectivity index (χ3v) is 3.68. The van der Waals surface area contributed by atoms with Crippen molar-refractivity contribution >= 4 is 17.2 Å². The summed E-state index contributed by atoms with van der Waals surface area (Å²) >= 11 is 1.53. The van der Waals surface area contributed by atoms with Crippen molar-refractivity contribution in [3.05, 3.63) is 52.5 Å². The second-order valence-electron chi connectivity index (χ2n) is 4.55. The van der Waals surface area contributed by atoms with Crippen LogP contribution in [-0.2, 0) is 11.2 Å². The molecule has 0 saturated heterocycles. The van der Waals surface area contributed by atoms with Crippen molar-refractivity contribution < 1.29 is 9.90 Å². The highest BCUT2D eigenvalue weighted by Crippen LogP contribution is 2.15. The van der Waals surface area contributed by atoms with Gasteiger partial charge in [-0.05, 0) is 47.4 Å². The Balaban J connectivity index is 1.63. The number of carbonyl (C=O) groups excluding carboxylic acids is 1. The van der Waals surface area contributed by atoms with Gasteiger partial charge in [0.2, 0.25) is 5.91 Å². The van der Waals surface area contributed by atoms with Gasteiger partial charge in [-0.3, -0.25) is 9.78 Å². The lowest BCUT2D eigenvalue weighted by Crippen LogP contribution is -2.28. The van der Waals surface area contributed by atoms with E-state index in [2.05, 4.69) is 10.3 Å². The van der Waals surface area contributed by atoms with Gasteiger partial charge in [0, 0.05) is 24.9 Å². The van der Waals surface area contributed by atoms with Crippen LogP contribution in [0.5, 0.6) is 0 Å². The molecule has 4 nitrogen and oxygen atoms in total. The van der Waals surface area contributed by atoms with Crippen LogP contribution in [0.15, 0.2) is 41.2 Å². The van der Waals surface area contributed by atoms with Crippen molar-refractivity contribution in [2.24, 2.45) is 0 Å². The first-order valence-electron chi connectivity index (χ1n) is 6.62. The first kappa shape index (κ1) is 14.7. The number of aliphatic hydroxyl groups is 1. The van der Waals surface area contributed by atoms with Gasteiger partial charge in [0.1, 0.15) is 0 Å². The van der Waals surface area contributed by atoms with Gasteiger partial charge >= 0.3 is 0 Å². The van der Waals surface area contributed by atoms with Crippen molar-refractivity contribution in [1.82, 2.24) is 10.3 Å². The van der Waals surface area contributed by atoms with Gasteiger partial charge in [-0.25, -0.2) is 0 Å². The van der Waals surface area contributed by atoms with Gasteiger partial charge in [0.05, 0.1) is 6.10 Å². The number of hydrogen-bond donors (Lipinski definition) is 2. The number of hydrogen-bond acceptors (Lipinski definition) is 4. The quantitative estimate of drug-likeness (QED) is 0.822. The Hall–Kier alpha value is -1.72. The van der Waals surface area contributed by atoms with Crippen LogP contribution in [0.25, 0.3) is 0 Å². The van der Waals surface area contributed by atoms with Gasteiger partial charge in [0.25, 0.3) is 0 Å². The Morgan fingerprint density at radius 3 is 3.00 bits per heavy atom. The van der Waals surface area contributed by atoms with Gasteiger partial charge in [-0.15, -0.1) is 0 Å². The molecule has 5 heteroatoms. The average molecular weight is 290 g/mol. The second-order valence-corrected chi connectivity index (χ2v) is 5.33. The van der Waals surface area contributed by atoms with Crippen molar-refractivity contribution in [3.63, 3.8) is 0 Å². The van der Waals surface area contributed by atoms with Crippen LogP contribution >= 0.6 is 11.3 Å². The highest BCUT2D eigenvalue weighted by Gasteiger charge is 2.09. The molecule has 1 amide bonds. The molecule has 0 saturated carbocycles. The lowest BCUT2D eigenvalue weighted by Gasteiger charge is -2.10. The first-order valence-corrected chi connectivity index (χ1v) is 7.57. The zero-order chi connectivity index (χ0) is 14.2. The van der Waals surface area contributed by atoms with Gasteiger partial charge in [-0.2, -0.15) is 11.3 Å². The third kappa shape index (κ3) is 4.75. The monoisotopic (exact) mass is 290 g/mol. The third-order valence-electron chi connectivity index (χ3n) is 2.98. The Labute approximate surface area is 122 Å². The molecule has 0 bridgehead atoms. The fourth-order valence-electron chi connectivity index (χ4n) is 1.86. The lowest BCUT2D eigenvalue weighted by molar-refractivity contribution is -0.121. The summed E-state index contributed by atoms with van der Waals surface area (Å²) in [6.45, 7) is 0.263. The first-order chi connectivity index (χ1) is 9.75. The highest BCUT2D eigenvalue weighted by molar-refractivity contribution is 7.07. The molecule has 20 heavy (non-hydrogen) atoms. The standard InChI is InChI=1S/C15H18N2O2S/c18-14(12-7-9-20-11-12)10-17-15(19)6-3-5-13-4-1-2-8-16-13/h1-2,4,7-9,11,14,18H,3,5-6,10H2,(H,17,19). The van der Waals surface area contributed by atoms with E-state index in [4.69, 9.17) is 0 Å². The number of aliphatic hydroxyl groups excluding tert-OH is 1. The van der Waals surface area contributed by atoms with Crippen molar-refractivity contribution in [2.75, 3.05) is 6.54 Å². The molecule has 0 fully saturated rings. The molecule has 1 unspecified atom stereocenters. The van der Waals surface area contributed by atoms with Gasteiger partial charge in [0.15, 0.2) is 0 Å². The number of nitrogens with one attached hydrogen (secondary N) is 1. The number of rotatable bonds is 7. The minimum atomic E-state index is -0.624. The molecule has 2 N–H and O–H groups in total. The molecule has 2 aromatic heterocycles. The average Bonchev–Trinajstić information content (AvgIpc) is 3.00. The number of pyridine rings is 1. The zero-order valence-corrected chi connectivity index (χ0v) is 12.0. The Morgan fingerprint density at radius 1 is 1.40 bits per heavy atom. The van der Waals surface area contributed by atoms with E-state index in [9.17, 15) is 9.90 Å². The van der Waals surface area contributed by atoms with Crippen LogP contribution in [0.1, 0.15) is 30.2 Å². The number of aryl methyl sites for hydroxylation is 1. The van der Waals surface area contributed by atoms with Crippen molar-refractivity contribution in [2.45, 2.75) is 25.4 Å². The zero-order valence-electron chi connectivity index (χ0n) is 11.2. The summed E-state index contributed by atoms with van der Waals surface area (Å²) < 4.78 is 0. The van der Waals surface area contributed by atoms with E-state index in [1.165, 1.54) is 11.3 Å². The summed E-state index contributed by atoms with van der Waals surface area (Å²) in [5.41, 5.74) is 1.85. The number of carbonyl (C=O) groups is 1. The molecule has 0 aliphatic rings. The maximum absolute atomic E-state index is 11.7. The molecule has 0 radical (unpaired) electrons. The Bertz CT molecular complexity index is 514. The molecule has 106 valence electrons. The second kappa shape index (κ2) is 7.77. The van der Waals surface area contributed by atoms with Crippen molar-refractivity contribution in [1.29, 1.82) is 0 Å². The fraction of sp³-hybridized carbons (Fsp3) is 0.333. The molecule has 2 aromatic rings. The van der Waals surface area contributed by atoms with E-state index in [-0.39, 0.29) is 12.5 Å². The maximum Gasteiger partial charge on any atom is 0.220 e. The summed E-state index contributed by atoms with van der Waals surface area (Å²) in [5.74, 6) is -0.0322. The van der Waals surface area contributed by atoms with Crippen molar-refractivity contribution in [3.8, 4) is 0 Å². The highest BCUT2D eigenvalue weighted by atomic mass is 32.1. The van der Waals surface area contributed by atoms with Crippen LogP contribution in [0, 0.1) is 0 Å². The van der Waals surface area contributed by atoms with E-state index in [0.29, 0.717) is 6.42 Å². The SMILES string of the molecule is O=C(CCCc1ccccn1)NCC(O)c1ccsc1. The topological polar surface area (TPSA) is 62.2 Å². The largest absolute Gasteiger partial charge is 0.387 e. The van der Waals surface area contributed by atoms with Crippen LogP contribution in [-0.4, -0.2) is 22.5 Å². The molecule has 2 heterocycles. The van der Waals surface area contributed by atoms with E-state index in [0.717, 1.165) is 24.1 Å². The summed E-state index contributed by atoms with van der Waals surface area (Å²) in [4.78, 5) is 15.9. The molecule has 0 aliphatic heterocycles. The Morgan fingerprint density at radius 2 is 2.30 bits per heavy atom. The molecule has 0 aromatic carbocycles. The number of nitrogens with zero attached hydrogens (tertiary/aromatic N) is 1. The summed E-state index contributed by atoms with van der Waals surface area (Å²) in [6.07, 6.45) is 3.14. The molecule has 2 rings (SSSR count). The molecule has 0 spiro atoms. The predicted molar refractivity (Wildman–Crippen MR) is 79.5 cm³/mol. The summed E-state index contributed by atoms with van der Waals surface area (Å²) in [5, 5.41) is 16.4. The van der Waals surface area contributed by atoms with Gasteiger partial charge in [-0.1, -0.05) is 6.07 Å². The number of amides is 1. The van der Waals surface area contributed by atoms with E-state index in [1.807, 2.05) is 35.0 Å².